The fourth-order valence-electron chi connectivity index (χ4n) is 1.77. The lowest BCUT2D eigenvalue weighted by Gasteiger charge is -2.23. The summed E-state index contributed by atoms with van der Waals surface area (Å²) in [6.45, 7) is 6.79. The summed E-state index contributed by atoms with van der Waals surface area (Å²) in [5.74, 6) is 0.388. The topological polar surface area (TPSA) is 49.8 Å². The Labute approximate surface area is 118 Å². The molecule has 0 spiro atoms. The maximum absolute atomic E-state index is 12.1. The van der Waals surface area contributed by atoms with E-state index in [-0.39, 0.29) is 12.5 Å². The molecule has 0 saturated heterocycles. The van der Waals surface area contributed by atoms with Gasteiger partial charge in [0, 0.05) is 13.1 Å². The lowest BCUT2D eigenvalue weighted by Crippen LogP contribution is -2.40. The van der Waals surface area contributed by atoms with E-state index in [2.05, 4.69) is 0 Å². The third-order valence-electron chi connectivity index (χ3n) is 2.91. The number of aliphatic hydroxyl groups excluding tert-OH is 1. The van der Waals surface area contributed by atoms with Gasteiger partial charge in [-0.3, -0.25) is 4.79 Å². The van der Waals surface area contributed by atoms with Crippen LogP contribution in [0, 0.1) is 0 Å². The quantitative estimate of drug-likeness (QED) is 0.873. The molecule has 1 aromatic carbocycles. The molecule has 1 atom stereocenters. The summed E-state index contributed by atoms with van der Waals surface area (Å²) in [6, 6.07) is 5.02. The van der Waals surface area contributed by atoms with E-state index in [1.165, 1.54) is 0 Å². The number of nitrogens with zero attached hydrogens (tertiary/aromatic N) is 1. The van der Waals surface area contributed by atoms with Crippen LogP contribution in [0.4, 0.5) is 0 Å². The fourth-order valence-corrected chi connectivity index (χ4v) is 2.02. The predicted molar refractivity (Wildman–Crippen MR) is 75.4 cm³/mol. The minimum atomic E-state index is -0.586. The molecule has 4 nitrogen and oxygen atoms in total. The van der Waals surface area contributed by atoms with E-state index in [1.54, 1.807) is 30.0 Å². The Balaban J connectivity index is 2.76. The van der Waals surface area contributed by atoms with E-state index in [1.807, 2.05) is 13.8 Å². The summed E-state index contributed by atoms with van der Waals surface area (Å²) in [7, 11) is 0. The van der Waals surface area contributed by atoms with E-state index < -0.39 is 6.10 Å². The van der Waals surface area contributed by atoms with Crippen molar-refractivity contribution in [2.75, 3.05) is 13.1 Å². The van der Waals surface area contributed by atoms with Crippen molar-refractivity contribution in [3.8, 4) is 5.75 Å². The minimum Gasteiger partial charge on any atom is -0.479 e. The Hall–Kier alpha value is -1.26. The molecule has 1 aromatic rings. The lowest BCUT2D eigenvalue weighted by atomic mass is 10.2. The minimum absolute atomic E-state index is 0.0627. The van der Waals surface area contributed by atoms with Crippen LogP contribution in [0.3, 0.4) is 0 Å². The van der Waals surface area contributed by atoms with Crippen molar-refractivity contribution in [1.29, 1.82) is 0 Å². The van der Waals surface area contributed by atoms with Gasteiger partial charge in [0.1, 0.15) is 5.75 Å². The highest BCUT2D eigenvalue weighted by Gasteiger charge is 2.20. The molecule has 19 heavy (non-hydrogen) atoms. The molecule has 0 radical (unpaired) electrons. The van der Waals surface area contributed by atoms with Crippen LogP contribution in [0.15, 0.2) is 18.2 Å². The first-order chi connectivity index (χ1) is 9.03. The first-order valence-electron chi connectivity index (χ1n) is 6.38. The number of hydrogen-bond donors (Lipinski definition) is 1. The van der Waals surface area contributed by atoms with Gasteiger partial charge in [-0.15, -0.1) is 0 Å². The molecule has 0 fully saturated rings. The molecular formula is C14H20ClNO3. The highest BCUT2D eigenvalue weighted by Crippen LogP contribution is 2.26. The Morgan fingerprint density at radius 1 is 1.42 bits per heavy atom. The van der Waals surface area contributed by atoms with Crippen LogP contribution in [0.25, 0.3) is 0 Å². The highest BCUT2D eigenvalue weighted by atomic mass is 35.5. The smallest absolute Gasteiger partial charge is 0.263 e. The van der Waals surface area contributed by atoms with Gasteiger partial charge >= 0.3 is 0 Å². The molecule has 5 heteroatoms. The maximum atomic E-state index is 12.1. The monoisotopic (exact) mass is 285 g/mol. The number of carbonyl (C=O) groups is 1. The SMILES string of the molecule is CCN(CC)C(=O)C(C)Oc1ccc(CO)cc1Cl. The van der Waals surface area contributed by atoms with Gasteiger partial charge in [0.05, 0.1) is 11.6 Å². The highest BCUT2D eigenvalue weighted by molar-refractivity contribution is 6.32. The van der Waals surface area contributed by atoms with Gasteiger partial charge in [0.25, 0.3) is 5.91 Å². The number of amides is 1. The normalized spacial score (nSPS) is 12.1. The van der Waals surface area contributed by atoms with Crippen LogP contribution in [0.1, 0.15) is 26.3 Å². The number of halogens is 1. The lowest BCUT2D eigenvalue weighted by molar-refractivity contribution is -0.137. The van der Waals surface area contributed by atoms with Crippen LogP contribution >= 0.6 is 11.6 Å². The van der Waals surface area contributed by atoms with Crippen molar-refractivity contribution in [3.63, 3.8) is 0 Å². The summed E-state index contributed by atoms with van der Waals surface area (Å²) >= 11 is 6.04. The predicted octanol–water partition coefficient (Wildman–Crippen LogP) is 2.47. The molecule has 106 valence electrons. The first-order valence-corrected chi connectivity index (χ1v) is 6.76. The van der Waals surface area contributed by atoms with E-state index in [9.17, 15) is 4.79 Å². The molecule has 0 aliphatic carbocycles. The summed E-state index contributed by atoms with van der Waals surface area (Å²) in [5, 5.41) is 9.39. The fraction of sp³-hybridized carbons (Fsp3) is 0.500. The second-order valence-electron chi connectivity index (χ2n) is 4.19. The van der Waals surface area contributed by atoms with Gasteiger partial charge < -0.3 is 14.7 Å². The van der Waals surface area contributed by atoms with E-state index >= 15 is 0 Å². The molecule has 0 aromatic heterocycles. The zero-order valence-electron chi connectivity index (χ0n) is 11.5. The van der Waals surface area contributed by atoms with Crippen LogP contribution in [0.5, 0.6) is 5.75 Å². The van der Waals surface area contributed by atoms with Crippen molar-refractivity contribution in [1.82, 2.24) is 4.90 Å². The number of rotatable bonds is 6. The van der Waals surface area contributed by atoms with Crippen LogP contribution < -0.4 is 4.74 Å². The Morgan fingerprint density at radius 2 is 2.05 bits per heavy atom. The molecule has 1 rings (SSSR count). The van der Waals surface area contributed by atoms with Gasteiger partial charge in [0.2, 0.25) is 0 Å². The van der Waals surface area contributed by atoms with Crippen molar-refractivity contribution in [3.05, 3.63) is 28.8 Å². The third kappa shape index (κ3) is 4.11. The van der Waals surface area contributed by atoms with Crippen LogP contribution in [-0.2, 0) is 11.4 Å². The summed E-state index contributed by atoms with van der Waals surface area (Å²) in [5.41, 5.74) is 0.708. The number of aliphatic hydroxyl groups is 1. The van der Waals surface area contributed by atoms with Crippen LogP contribution in [-0.4, -0.2) is 35.1 Å². The van der Waals surface area contributed by atoms with Gasteiger partial charge in [-0.2, -0.15) is 0 Å². The second-order valence-corrected chi connectivity index (χ2v) is 4.60. The summed E-state index contributed by atoms with van der Waals surface area (Å²) < 4.78 is 5.59. The van der Waals surface area contributed by atoms with Crippen LogP contribution in [0.2, 0.25) is 5.02 Å². The molecule has 0 saturated carbocycles. The average molecular weight is 286 g/mol. The average Bonchev–Trinajstić information content (AvgIpc) is 2.42. The molecular weight excluding hydrogens is 266 g/mol. The first kappa shape index (κ1) is 15.8. The maximum Gasteiger partial charge on any atom is 0.263 e. The van der Waals surface area contributed by atoms with E-state index in [0.29, 0.717) is 29.4 Å². The molecule has 0 aliphatic heterocycles. The zero-order chi connectivity index (χ0) is 14.4. The molecule has 1 amide bonds. The standard InChI is InChI=1S/C14H20ClNO3/c1-4-16(5-2)14(18)10(3)19-13-7-6-11(9-17)8-12(13)15/h6-8,10,17H,4-5,9H2,1-3H3. The van der Waals surface area contributed by atoms with Gasteiger partial charge in [-0.1, -0.05) is 17.7 Å². The van der Waals surface area contributed by atoms with Crippen molar-refractivity contribution in [2.45, 2.75) is 33.5 Å². The van der Waals surface area contributed by atoms with Gasteiger partial charge in [-0.25, -0.2) is 0 Å². The van der Waals surface area contributed by atoms with Crippen molar-refractivity contribution < 1.29 is 14.6 Å². The van der Waals surface area contributed by atoms with E-state index in [0.717, 1.165) is 0 Å². The summed E-state index contributed by atoms with van der Waals surface area (Å²) in [6.07, 6.45) is -0.586. The van der Waals surface area contributed by atoms with Crippen molar-refractivity contribution >= 4 is 17.5 Å². The Morgan fingerprint density at radius 3 is 2.53 bits per heavy atom. The van der Waals surface area contributed by atoms with E-state index in [4.69, 9.17) is 21.4 Å². The second kappa shape index (κ2) is 7.36. The number of hydrogen-bond acceptors (Lipinski definition) is 3. The molecule has 0 heterocycles. The number of ether oxygens (including phenoxy) is 1. The number of likely N-dealkylation sites (N-methyl/N-ethyl adjacent to an activating group) is 1. The summed E-state index contributed by atoms with van der Waals surface area (Å²) in [4.78, 5) is 13.8. The largest absolute Gasteiger partial charge is 0.479 e. The van der Waals surface area contributed by atoms with Gasteiger partial charge in [0.15, 0.2) is 6.10 Å². The molecule has 0 aliphatic rings. The molecule has 1 N–H and O–H groups in total. The van der Waals surface area contributed by atoms with Gasteiger partial charge in [-0.05, 0) is 38.5 Å². The number of carbonyl (C=O) groups excluding carboxylic acids is 1. The third-order valence-corrected chi connectivity index (χ3v) is 3.20. The van der Waals surface area contributed by atoms with Crippen molar-refractivity contribution in [2.24, 2.45) is 0 Å². The molecule has 1 unspecified atom stereocenters. The Bertz CT molecular complexity index is 433. The zero-order valence-corrected chi connectivity index (χ0v) is 12.3. The Kier molecular flexibility index (Phi) is 6.12. The number of benzene rings is 1. The molecule has 0 bridgehead atoms.